The molecular weight excluding hydrogens is 428 g/mol. The first-order valence-corrected chi connectivity index (χ1v) is 10.5. The number of carbonyl (C=O) groups excluding carboxylic acids is 2. The number of hydrogen-bond acceptors (Lipinski definition) is 6. The molecule has 2 aromatic rings. The molecule has 0 aliphatic carbocycles. The Morgan fingerprint density at radius 1 is 1.00 bits per heavy atom. The van der Waals surface area contributed by atoms with Crippen LogP contribution in [0, 0.1) is 17.0 Å². The third-order valence-electron chi connectivity index (χ3n) is 5.57. The number of Topliss-reactive ketones (excluding diaryl/α,β-unsaturated/α-hetero) is 1. The summed E-state index contributed by atoms with van der Waals surface area (Å²) in [5.41, 5.74) is 1.58. The topological polar surface area (TPSA) is 138 Å². The van der Waals surface area contributed by atoms with Gasteiger partial charge in [0.25, 0.3) is 17.4 Å². The van der Waals surface area contributed by atoms with E-state index in [2.05, 4.69) is 0 Å². The van der Waals surface area contributed by atoms with Crippen molar-refractivity contribution in [1.29, 1.82) is 0 Å². The van der Waals surface area contributed by atoms with Gasteiger partial charge in [-0.2, -0.15) is 0 Å². The molecule has 0 bridgehead atoms. The fraction of sp³-hybridized carbons (Fsp3) is 0.292. The van der Waals surface area contributed by atoms with E-state index >= 15 is 0 Å². The molecule has 9 heteroatoms. The molecule has 0 spiro atoms. The van der Waals surface area contributed by atoms with Gasteiger partial charge in [-0.15, -0.1) is 0 Å². The number of non-ortho nitro benzene ring substituents is 1. The largest absolute Gasteiger partial charge is 0.507 e. The standard InChI is InChI=1S/C24H24N2O7/c1-15-6-8-17(9-7-15)22(29)20-21(16-10-12-18(13-11-16)26(32)33)25(24(31)23(20)30)14-4-2-3-5-19(27)28/h6-13,21,29H,2-5,14H2,1H3,(H,27,28)/t21-/m1/s1. The highest BCUT2D eigenvalue weighted by Crippen LogP contribution is 2.40. The number of benzene rings is 2. The maximum Gasteiger partial charge on any atom is 0.303 e. The van der Waals surface area contributed by atoms with E-state index in [9.17, 15) is 29.6 Å². The smallest absolute Gasteiger partial charge is 0.303 e. The maximum atomic E-state index is 12.9. The number of nitrogens with zero attached hydrogens (tertiary/aromatic N) is 2. The van der Waals surface area contributed by atoms with Gasteiger partial charge in [-0.05, 0) is 37.5 Å². The average Bonchev–Trinajstić information content (AvgIpc) is 3.03. The Balaban J connectivity index is 1.99. The number of nitro groups is 1. The molecule has 1 aliphatic heterocycles. The molecule has 0 saturated carbocycles. The van der Waals surface area contributed by atoms with Crippen LogP contribution in [0.2, 0.25) is 0 Å². The highest BCUT2D eigenvalue weighted by molar-refractivity contribution is 6.46. The van der Waals surface area contributed by atoms with E-state index in [1.807, 2.05) is 6.92 Å². The summed E-state index contributed by atoms with van der Waals surface area (Å²) >= 11 is 0. The Kier molecular flexibility index (Phi) is 7.22. The number of ketones is 1. The van der Waals surface area contributed by atoms with Crippen LogP contribution >= 0.6 is 0 Å². The molecule has 172 valence electrons. The molecule has 0 unspecified atom stereocenters. The van der Waals surface area contributed by atoms with Crippen LogP contribution in [0.5, 0.6) is 0 Å². The Bertz CT molecular complexity index is 1100. The first-order chi connectivity index (χ1) is 15.7. The number of hydrogen-bond donors (Lipinski definition) is 2. The van der Waals surface area contributed by atoms with Crippen LogP contribution in [-0.2, 0) is 14.4 Å². The molecule has 1 amide bonds. The zero-order valence-corrected chi connectivity index (χ0v) is 18.1. The average molecular weight is 452 g/mol. The van der Waals surface area contributed by atoms with Gasteiger partial charge in [0.2, 0.25) is 0 Å². The van der Waals surface area contributed by atoms with Crippen LogP contribution in [0.15, 0.2) is 54.1 Å². The Hall–Kier alpha value is -4.01. The Morgan fingerprint density at radius 3 is 2.21 bits per heavy atom. The lowest BCUT2D eigenvalue weighted by Crippen LogP contribution is -2.30. The van der Waals surface area contributed by atoms with Gasteiger partial charge < -0.3 is 15.1 Å². The number of nitro benzene ring substituents is 1. The minimum Gasteiger partial charge on any atom is -0.507 e. The molecule has 2 aromatic carbocycles. The van der Waals surface area contributed by atoms with Gasteiger partial charge in [0, 0.05) is 30.7 Å². The number of aliphatic carboxylic acids is 1. The second-order valence-corrected chi connectivity index (χ2v) is 7.91. The lowest BCUT2D eigenvalue weighted by atomic mass is 9.95. The highest BCUT2D eigenvalue weighted by atomic mass is 16.6. The van der Waals surface area contributed by atoms with Gasteiger partial charge >= 0.3 is 5.97 Å². The van der Waals surface area contributed by atoms with E-state index in [4.69, 9.17) is 5.11 Å². The van der Waals surface area contributed by atoms with Gasteiger partial charge in [-0.25, -0.2) is 0 Å². The number of amides is 1. The Morgan fingerprint density at radius 2 is 1.64 bits per heavy atom. The quantitative estimate of drug-likeness (QED) is 0.147. The summed E-state index contributed by atoms with van der Waals surface area (Å²) in [6, 6.07) is 11.4. The molecule has 33 heavy (non-hydrogen) atoms. The fourth-order valence-electron chi connectivity index (χ4n) is 3.84. The molecule has 0 radical (unpaired) electrons. The maximum absolute atomic E-state index is 12.9. The SMILES string of the molecule is Cc1ccc(C(O)=C2C(=O)C(=O)N(CCCCCC(=O)O)[C@@H]2c2ccc([N+](=O)[O-])cc2)cc1. The summed E-state index contributed by atoms with van der Waals surface area (Å²) in [5, 5.41) is 30.8. The summed E-state index contributed by atoms with van der Waals surface area (Å²) in [6.45, 7) is 2.06. The van der Waals surface area contributed by atoms with Crippen LogP contribution in [0.25, 0.3) is 5.76 Å². The summed E-state index contributed by atoms with van der Waals surface area (Å²) in [7, 11) is 0. The molecule has 1 saturated heterocycles. The first kappa shape index (κ1) is 23.6. The van der Waals surface area contributed by atoms with E-state index in [0.717, 1.165) is 5.56 Å². The van der Waals surface area contributed by atoms with E-state index in [1.165, 1.54) is 29.2 Å². The number of unbranched alkanes of at least 4 members (excludes halogenated alkanes) is 2. The van der Waals surface area contributed by atoms with Crippen LogP contribution in [0.1, 0.15) is 48.4 Å². The van der Waals surface area contributed by atoms with Crippen molar-refractivity contribution < 1.29 is 29.5 Å². The number of carboxylic acids is 1. The number of aryl methyl sites for hydroxylation is 1. The van der Waals surface area contributed by atoms with Crippen molar-refractivity contribution in [3.05, 3.63) is 80.9 Å². The molecule has 0 aromatic heterocycles. The molecule has 1 heterocycles. The van der Waals surface area contributed by atoms with Crippen LogP contribution in [0.4, 0.5) is 5.69 Å². The van der Waals surface area contributed by atoms with Gasteiger partial charge in [-0.1, -0.05) is 36.2 Å². The Labute approximate surface area is 190 Å². The minimum absolute atomic E-state index is 0.0119. The zero-order chi connectivity index (χ0) is 24.1. The second kappa shape index (κ2) is 10.1. The van der Waals surface area contributed by atoms with E-state index in [0.29, 0.717) is 30.4 Å². The van der Waals surface area contributed by atoms with Crippen LogP contribution < -0.4 is 0 Å². The molecule has 1 atom stereocenters. The van der Waals surface area contributed by atoms with Crippen molar-refractivity contribution in [1.82, 2.24) is 4.90 Å². The zero-order valence-electron chi connectivity index (χ0n) is 18.1. The molecule has 2 N–H and O–H groups in total. The van der Waals surface area contributed by atoms with Crippen LogP contribution in [-0.4, -0.2) is 44.2 Å². The number of rotatable bonds is 9. The number of aliphatic hydroxyl groups is 1. The molecular formula is C24H24N2O7. The van der Waals surface area contributed by atoms with Gasteiger partial charge in [-0.3, -0.25) is 24.5 Å². The monoisotopic (exact) mass is 452 g/mol. The second-order valence-electron chi connectivity index (χ2n) is 7.91. The lowest BCUT2D eigenvalue weighted by molar-refractivity contribution is -0.384. The summed E-state index contributed by atoms with van der Waals surface area (Å²) < 4.78 is 0. The predicted molar refractivity (Wildman–Crippen MR) is 119 cm³/mol. The number of likely N-dealkylation sites (tertiary alicyclic amines) is 1. The molecule has 9 nitrogen and oxygen atoms in total. The van der Waals surface area contributed by atoms with Crippen molar-refractivity contribution in [2.75, 3.05) is 6.54 Å². The fourth-order valence-corrected chi connectivity index (χ4v) is 3.84. The van der Waals surface area contributed by atoms with Crippen molar-refractivity contribution in [2.24, 2.45) is 0 Å². The van der Waals surface area contributed by atoms with Gasteiger partial charge in [0.1, 0.15) is 5.76 Å². The van der Waals surface area contributed by atoms with Gasteiger partial charge in [0.15, 0.2) is 0 Å². The molecule has 1 aliphatic rings. The molecule has 3 rings (SSSR count). The molecule has 1 fully saturated rings. The van der Waals surface area contributed by atoms with E-state index < -0.39 is 28.6 Å². The normalized spacial score (nSPS) is 17.4. The van der Waals surface area contributed by atoms with Crippen molar-refractivity contribution in [3.8, 4) is 0 Å². The third kappa shape index (κ3) is 5.25. The van der Waals surface area contributed by atoms with Crippen molar-refractivity contribution >= 4 is 29.1 Å². The van der Waals surface area contributed by atoms with E-state index in [-0.39, 0.29) is 30.0 Å². The summed E-state index contributed by atoms with van der Waals surface area (Å²) in [4.78, 5) is 48.3. The third-order valence-corrected chi connectivity index (χ3v) is 5.57. The van der Waals surface area contributed by atoms with Gasteiger partial charge in [0.05, 0.1) is 16.5 Å². The summed E-state index contributed by atoms with van der Waals surface area (Å²) in [6.07, 6.45) is 1.46. The highest BCUT2D eigenvalue weighted by Gasteiger charge is 2.45. The summed E-state index contributed by atoms with van der Waals surface area (Å²) in [5.74, 6) is -2.82. The first-order valence-electron chi connectivity index (χ1n) is 10.5. The van der Waals surface area contributed by atoms with E-state index in [1.54, 1.807) is 24.3 Å². The number of carbonyl (C=O) groups is 3. The van der Waals surface area contributed by atoms with Crippen molar-refractivity contribution in [3.63, 3.8) is 0 Å². The number of aliphatic hydroxyl groups excluding tert-OH is 1. The lowest BCUT2D eigenvalue weighted by Gasteiger charge is -2.25. The number of carboxylic acid groups (broad SMARTS) is 1. The predicted octanol–water partition coefficient (Wildman–Crippen LogP) is 3.97. The minimum atomic E-state index is -0.911. The van der Waals surface area contributed by atoms with Crippen molar-refractivity contribution in [2.45, 2.75) is 38.6 Å². The van der Waals surface area contributed by atoms with Crippen LogP contribution in [0.3, 0.4) is 0 Å².